The highest BCUT2D eigenvalue weighted by Gasteiger charge is 2.19. The maximum absolute atomic E-state index is 12.8. The van der Waals surface area contributed by atoms with Crippen LogP contribution in [-0.2, 0) is 28.6 Å². The monoisotopic (exact) mass is 981 g/mol. The fourth-order valence-electron chi connectivity index (χ4n) is 7.44. The van der Waals surface area contributed by atoms with Gasteiger partial charge in [-0.15, -0.1) is 0 Å². The summed E-state index contributed by atoms with van der Waals surface area (Å²) >= 11 is 0. The Morgan fingerprint density at radius 3 is 0.930 bits per heavy atom. The summed E-state index contributed by atoms with van der Waals surface area (Å²) < 4.78 is 16.7. The van der Waals surface area contributed by atoms with Gasteiger partial charge in [-0.2, -0.15) is 0 Å². The first-order valence-corrected chi connectivity index (χ1v) is 28.7. The van der Waals surface area contributed by atoms with Crippen molar-refractivity contribution in [3.8, 4) is 0 Å². The number of carbonyl (C=O) groups excluding carboxylic acids is 3. The Morgan fingerprint density at radius 1 is 0.296 bits per heavy atom. The van der Waals surface area contributed by atoms with Gasteiger partial charge in [0.15, 0.2) is 6.10 Å². The van der Waals surface area contributed by atoms with E-state index in [0.717, 1.165) is 96.3 Å². The van der Waals surface area contributed by atoms with Crippen LogP contribution in [0.15, 0.2) is 134 Å². The molecule has 0 aromatic carbocycles. The van der Waals surface area contributed by atoms with Crippen LogP contribution >= 0.6 is 0 Å². The Balaban J connectivity index is 4.53. The van der Waals surface area contributed by atoms with Crippen molar-refractivity contribution in [2.75, 3.05) is 13.2 Å². The predicted octanol–water partition coefficient (Wildman–Crippen LogP) is 19.4. The fourth-order valence-corrected chi connectivity index (χ4v) is 7.44. The molecule has 6 nitrogen and oxygen atoms in total. The average molecular weight is 982 g/mol. The van der Waals surface area contributed by atoms with Gasteiger partial charge < -0.3 is 14.2 Å². The summed E-state index contributed by atoms with van der Waals surface area (Å²) in [6.45, 7) is 6.30. The Morgan fingerprint density at radius 2 is 0.577 bits per heavy atom. The number of rotatable bonds is 50. The highest BCUT2D eigenvalue weighted by Crippen LogP contribution is 2.15. The number of esters is 3. The maximum Gasteiger partial charge on any atom is 0.306 e. The van der Waals surface area contributed by atoms with Gasteiger partial charge in [-0.05, 0) is 96.3 Å². The van der Waals surface area contributed by atoms with Crippen LogP contribution in [0.2, 0.25) is 0 Å². The van der Waals surface area contributed by atoms with Gasteiger partial charge in [-0.25, -0.2) is 0 Å². The van der Waals surface area contributed by atoms with E-state index in [1.165, 1.54) is 89.9 Å². The van der Waals surface area contributed by atoms with Crippen LogP contribution in [0.25, 0.3) is 0 Å². The van der Waals surface area contributed by atoms with E-state index in [-0.39, 0.29) is 44.0 Å². The Labute approximate surface area is 436 Å². The Hall–Kier alpha value is -4.45. The summed E-state index contributed by atoms with van der Waals surface area (Å²) in [6.07, 6.45) is 81.8. The molecule has 0 saturated heterocycles. The fraction of sp³-hybridized carbons (Fsp3) is 0.615. The molecule has 0 aliphatic carbocycles. The zero-order valence-electron chi connectivity index (χ0n) is 45.7. The molecule has 0 bridgehead atoms. The van der Waals surface area contributed by atoms with E-state index in [4.69, 9.17) is 14.2 Å². The number of allylic oxidation sites excluding steroid dienone is 22. The minimum absolute atomic E-state index is 0.133. The predicted molar refractivity (Wildman–Crippen MR) is 306 cm³/mol. The smallest absolute Gasteiger partial charge is 0.306 e. The lowest BCUT2D eigenvalue weighted by Crippen LogP contribution is -2.30. The highest BCUT2D eigenvalue weighted by atomic mass is 16.6. The molecule has 0 rings (SSSR count). The average Bonchev–Trinajstić information content (AvgIpc) is 3.37. The topological polar surface area (TPSA) is 78.9 Å². The van der Waals surface area contributed by atoms with Crippen LogP contribution < -0.4 is 0 Å². The van der Waals surface area contributed by atoms with Crippen molar-refractivity contribution in [3.05, 3.63) is 134 Å². The molecule has 0 amide bonds. The molecule has 0 heterocycles. The third kappa shape index (κ3) is 56.3. The number of carbonyl (C=O) groups is 3. The zero-order valence-corrected chi connectivity index (χ0v) is 45.7. The number of ether oxygens (including phenoxy) is 3. The van der Waals surface area contributed by atoms with E-state index in [2.05, 4.69) is 142 Å². The second-order valence-corrected chi connectivity index (χ2v) is 18.4. The Bertz CT molecular complexity index is 1550. The van der Waals surface area contributed by atoms with E-state index in [0.29, 0.717) is 19.3 Å². The molecule has 1 atom stereocenters. The molecule has 0 aliphatic heterocycles. The molecule has 71 heavy (non-hydrogen) atoms. The number of hydrogen-bond donors (Lipinski definition) is 0. The molecular formula is C65H104O6. The molecule has 0 N–H and O–H groups in total. The van der Waals surface area contributed by atoms with Crippen LogP contribution in [0.4, 0.5) is 0 Å². The lowest BCUT2D eigenvalue weighted by molar-refractivity contribution is -0.166. The molecule has 0 fully saturated rings. The van der Waals surface area contributed by atoms with Crippen molar-refractivity contribution in [2.45, 2.75) is 245 Å². The highest BCUT2D eigenvalue weighted by molar-refractivity contribution is 5.71. The van der Waals surface area contributed by atoms with Crippen molar-refractivity contribution in [2.24, 2.45) is 0 Å². The van der Waals surface area contributed by atoms with Gasteiger partial charge in [-0.3, -0.25) is 14.4 Å². The van der Waals surface area contributed by atoms with E-state index in [1.807, 2.05) is 12.2 Å². The summed E-state index contributed by atoms with van der Waals surface area (Å²) in [5.74, 6) is -1.07. The first kappa shape index (κ1) is 66.6. The molecule has 1 unspecified atom stereocenters. The van der Waals surface area contributed by atoms with Crippen LogP contribution in [0.1, 0.15) is 239 Å². The third-order valence-electron chi connectivity index (χ3n) is 11.7. The molecule has 0 radical (unpaired) electrons. The summed E-state index contributed by atoms with van der Waals surface area (Å²) in [6, 6.07) is 0. The minimum atomic E-state index is -0.833. The van der Waals surface area contributed by atoms with Crippen LogP contribution in [0, 0.1) is 0 Å². The molecule has 0 saturated carbocycles. The van der Waals surface area contributed by atoms with Crippen LogP contribution in [-0.4, -0.2) is 37.2 Å². The minimum Gasteiger partial charge on any atom is -0.462 e. The van der Waals surface area contributed by atoms with E-state index in [1.54, 1.807) is 0 Å². The SMILES string of the molecule is CC/C=C\C/C=C\C/C=C\C/C=C\C/C=C\C/C=C\C/C=C\CCCC(=O)OCC(COC(=O)CC/C=C\C/C=C\C/C=C\C/C=C\CC)OC(=O)CCCCCCCCCCCCCCCCCCC. The molecule has 0 aromatic rings. The second kappa shape index (κ2) is 58.1. The van der Waals surface area contributed by atoms with Gasteiger partial charge >= 0.3 is 17.9 Å². The standard InChI is InChI=1S/C65H104O6/c1-4-7-10-13-16-19-22-25-27-29-30-31-32-33-34-36-37-40-43-46-49-52-55-58-64(67)70-61-62(60-69-63(66)57-54-51-48-45-42-39-24-21-18-15-12-9-6-3)71-65(68)59-56-53-50-47-44-41-38-35-28-26-23-20-17-14-11-8-5-2/h7,9-10,12,16,18-19,21,25,27,30-31,33-34,37,39-40,42,46,48-49,51,62H,4-6,8,11,13-15,17,20,22-24,26,28-29,32,35-36,38,41,43-45,47,50,52-61H2,1-3H3/b10-7-,12-9-,19-16-,21-18-,27-25-,31-30-,34-33-,40-37-,42-39-,49-46-,51-48-. The molecule has 400 valence electrons. The third-order valence-corrected chi connectivity index (χ3v) is 11.7. The quantitative estimate of drug-likeness (QED) is 0.0262. The van der Waals surface area contributed by atoms with Crippen molar-refractivity contribution in [3.63, 3.8) is 0 Å². The van der Waals surface area contributed by atoms with E-state index >= 15 is 0 Å². The van der Waals surface area contributed by atoms with Crippen molar-refractivity contribution in [1.29, 1.82) is 0 Å². The molecule has 6 heteroatoms. The summed E-state index contributed by atoms with van der Waals surface area (Å²) in [5.41, 5.74) is 0. The lowest BCUT2D eigenvalue weighted by atomic mass is 10.0. The molecule has 0 aromatic heterocycles. The van der Waals surface area contributed by atoms with Gasteiger partial charge in [0.05, 0.1) is 0 Å². The number of unbranched alkanes of at least 4 members (excludes halogenated alkanes) is 17. The zero-order chi connectivity index (χ0) is 51.4. The van der Waals surface area contributed by atoms with Crippen molar-refractivity contribution < 1.29 is 28.6 Å². The van der Waals surface area contributed by atoms with Gasteiger partial charge in [0.2, 0.25) is 0 Å². The normalized spacial score (nSPS) is 13.1. The molecular weight excluding hydrogens is 877 g/mol. The maximum atomic E-state index is 12.8. The van der Waals surface area contributed by atoms with E-state index in [9.17, 15) is 14.4 Å². The van der Waals surface area contributed by atoms with Crippen LogP contribution in [0.3, 0.4) is 0 Å². The van der Waals surface area contributed by atoms with E-state index < -0.39 is 6.10 Å². The summed E-state index contributed by atoms with van der Waals surface area (Å²) in [7, 11) is 0. The van der Waals surface area contributed by atoms with Gasteiger partial charge in [-0.1, -0.05) is 257 Å². The van der Waals surface area contributed by atoms with Crippen molar-refractivity contribution >= 4 is 17.9 Å². The second-order valence-electron chi connectivity index (χ2n) is 18.4. The first-order valence-electron chi connectivity index (χ1n) is 28.7. The van der Waals surface area contributed by atoms with Gasteiger partial charge in [0, 0.05) is 19.3 Å². The lowest BCUT2D eigenvalue weighted by Gasteiger charge is -2.18. The molecule has 0 spiro atoms. The van der Waals surface area contributed by atoms with Gasteiger partial charge in [0.25, 0.3) is 0 Å². The Kier molecular flexibility index (Phi) is 54.5. The largest absolute Gasteiger partial charge is 0.462 e. The molecule has 0 aliphatic rings. The van der Waals surface area contributed by atoms with Gasteiger partial charge in [0.1, 0.15) is 13.2 Å². The summed E-state index contributed by atoms with van der Waals surface area (Å²) in [5, 5.41) is 0. The number of hydrogen-bond acceptors (Lipinski definition) is 6. The first-order chi connectivity index (χ1) is 35.0. The summed E-state index contributed by atoms with van der Waals surface area (Å²) in [4.78, 5) is 38.1. The van der Waals surface area contributed by atoms with Crippen LogP contribution in [0.5, 0.6) is 0 Å². The van der Waals surface area contributed by atoms with Crippen molar-refractivity contribution in [1.82, 2.24) is 0 Å².